The fourth-order valence-corrected chi connectivity index (χ4v) is 5.65. The Morgan fingerprint density at radius 1 is 1.18 bits per heavy atom. The van der Waals surface area contributed by atoms with Gasteiger partial charge in [0.05, 0.1) is 19.6 Å². The second-order valence-electron chi connectivity index (χ2n) is 8.32. The molecular weight excluding hydrogens is 350 g/mol. The SMILES string of the molecule is COc1cccc([C@@H]2CN(C(=O)Cc3cccnc3)[C@@H]3C4CCN(CC4)[C@@H]32)c1. The van der Waals surface area contributed by atoms with Gasteiger partial charge in [-0.05, 0) is 61.2 Å². The van der Waals surface area contributed by atoms with Gasteiger partial charge in [-0.2, -0.15) is 0 Å². The fraction of sp³-hybridized carbons (Fsp3) is 0.478. The highest BCUT2D eigenvalue weighted by Gasteiger charge is 2.54. The lowest BCUT2D eigenvalue weighted by molar-refractivity contribution is -0.135. The van der Waals surface area contributed by atoms with E-state index in [1.807, 2.05) is 24.4 Å². The molecule has 5 heterocycles. The average Bonchev–Trinajstić information content (AvgIpc) is 3.18. The van der Waals surface area contributed by atoms with Gasteiger partial charge in [0.15, 0.2) is 0 Å². The van der Waals surface area contributed by atoms with Crippen molar-refractivity contribution < 1.29 is 9.53 Å². The first kappa shape index (κ1) is 17.7. The Balaban J connectivity index is 1.46. The van der Waals surface area contributed by atoms with Crippen molar-refractivity contribution >= 4 is 5.91 Å². The van der Waals surface area contributed by atoms with E-state index in [9.17, 15) is 4.79 Å². The Kier molecular flexibility index (Phi) is 4.55. The maximum Gasteiger partial charge on any atom is 0.227 e. The summed E-state index contributed by atoms with van der Waals surface area (Å²) in [5.41, 5.74) is 2.29. The van der Waals surface area contributed by atoms with Gasteiger partial charge in [-0.3, -0.25) is 14.7 Å². The van der Waals surface area contributed by atoms with Crippen molar-refractivity contribution in [1.29, 1.82) is 0 Å². The molecule has 0 spiro atoms. The Bertz CT molecular complexity index is 848. The van der Waals surface area contributed by atoms with E-state index in [1.54, 1.807) is 13.3 Å². The summed E-state index contributed by atoms with van der Waals surface area (Å²) in [5.74, 6) is 2.11. The third-order valence-electron chi connectivity index (χ3n) is 6.91. The highest BCUT2D eigenvalue weighted by Crippen LogP contribution is 2.47. The zero-order valence-electron chi connectivity index (χ0n) is 16.3. The van der Waals surface area contributed by atoms with Crippen molar-refractivity contribution in [3.63, 3.8) is 0 Å². The second-order valence-corrected chi connectivity index (χ2v) is 8.32. The van der Waals surface area contributed by atoms with Gasteiger partial charge in [0.2, 0.25) is 5.91 Å². The molecule has 4 aliphatic heterocycles. The van der Waals surface area contributed by atoms with Crippen molar-refractivity contribution in [1.82, 2.24) is 14.8 Å². The highest BCUT2D eigenvalue weighted by atomic mass is 16.5. The van der Waals surface area contributed by atoms with Crippen LogP contribution in [0.4, 0.5) is 0 Å². The van der Waals surface area contributed by atoms with Crippen LogP contribution in [0.2, 0.25) is 0 Å². The van der Waals surface area contributed by atoms with Crippen LogP contribution in [0, 0.1) is 5.92 Å². The molecular formula is C23H27N3O2. The summed E-state index contributed by atoms with van der Waals surface area (Å²) < 4.78 is 5.46. The predicted molar refractivity (Wildman–Crippen MR) is 107 cm³/mol. The minimum atomic E-state index is 0.238. The van der Waals surface area contributed by atoms with Gasteiger partial charge < -0.3 is 9.64 Å². The van der Waals surface area contributed by atoms with E-state index in [2.05, 4.69) is 33.0 Å². The van der Waals surface area contributed by atoms with E-state index in [0.717, 1.165) is 30.9 Å². The number of rotatable bonds is 4. The van der Waals surface area contributed by atoms with Gasteiger partial charge in [0, 0.05) is 30.9 Å². The maximum absolute atomic E-state index is 13.3. The van der Waals surface area contributed by atoms with Crippen molar-refractivity contribution in [2.75, 3.05) is 26.7 Å². The molecule has 4 fully saturated rings. The molecule has 0 aliphatic carbocycles. The number of ether oxygens (including phenoxy) is 1. The maximum atomic E-state index is 13.3. The first-order valence-corrected chi connectivity index (χ1v) is 10.3. The van der Waals surface area contributed by atoms with Crippen molar-refractivity contribution in [2.24, 2.45) is 5.92 Å². The number of benzene rings is 1. The van der Waals surface area contributed by atoms with E-state index in [4.69, 9.17) is 4.74 Å². The Hall–Kier alpha value is -2.40. The lowest BCUT2D eigenvalue weighted by Gasteiger charge is -2.51. The standard InChI is InChI=1S/C23H27N3O2/c1-28-19-6-2-5-18(13-19)20-15-26(21(27)12-16-4-3-9-24-14-16)22-17-7-10-25(11-8-17)23(20)22/h2-6,9,13-14,17,20,22-23H,7-8,10-12,15H2,1H3/t20-,22+,23+/m0/s1. The van der Waals surface area contributed by atoms with Crippen LogP contribution in [0.1, 0.15) is 29.9 Å². The summed E-state index contributed by atoms with van der Waals surface area (Å²) in [6.45, 7) is 3.13. The number of likely N-dealkylation sites (tertiary alicyclic amines) is 1. The van der Waals surface area contributed by atoms with Gasteiger partial charge in [0.1, 0.15) is 5.75 Å². The number of piperidine rings is 3. The monoisotopic (exact) mass is 377 g/mol. The number of nitrogens with zero attached hydrogens (tertiary/aromatic N) is 3. The molecule has 5 heteroatoms. The summed E-state index contributed by atoms with van der Waals surface area (Å²) in [6, 6.07) is 13.1. The van der Waals surface area contributed by atoms with Crippen LogP contribution in [-0.4, -0.2) is 59.5 Å². The fourth-order valence-electron chi connectivity index (χ4n) is 5.65. The molecule has 146 valence electrons. The molecule has 3 atom stereocenters. The average molecular weight is 377 g/mol. The molecule has 4 aliphatic rings. The number of aromatic nitrogens is 1. The molecule has 0 radical (unpaired) electrons. The summed E-state index contributed by atoms with van der Waals surface area (Å²) >= 11 is 0. The van der Waals surface area contributed by atoms with Crippen LogP contribution in [0.3, 0.4) is 0 Å². The molecule has 1 aromatic carbocycles. The largest absolute Gasteiger partial charge is 0.497 e. The first-order valence-electron chi connectivity index (χ1n) is 10.3. The van der Waals surface area contributed by atoms with Crippen LogP contribution in [0.5, 0.6) is 5.75 Å². The number of pyridine rings is 1. The molecule has 5 nitrogen and oxygen atoms in total. The van der Waals surface area contributed by atoms with Crippen LogP contribution >= 0.6 is 0 Å². The van der Waals surface area contributed by atoms with Crippen molar-refractivity contribution in [2.45, 2.75) is 37.3 Å². The van der Waals surface area contributed by atoms with Crippen molar-refractivity contribution in [3.8, 4) is 5.75 Å². The molecule has 0 N–H and O–H groups in total. The number of amides is 1. The Morgan fingerprint density at radius 2 is 2.04 bits per heavy atom. The molecule has 1 aromatic heterocycles. The van der Waals surface area contributed by atoms with Gasteiger partial charge in [-0.15, -0.1) is 0 Å². The molecule has 0 saturated carbocycles. The number of fused-ring (bicyclic) bond motifs is 2. The number of carbonyl (C=O) groups excluding carboxylic acids is 1. The molecule has 6 rings (SSSR count). The lowest BCUT2D eigenvalue weighted by atomic mass is 9.75. The summed E-state index contributed by atoms with van der Waals surface area (Å²) in [5, 5.41) is 0. The first-order chi connectivity index (χ1) is 13.7. The van der Waals surface area contributed by atoms with Gasteiger partial charge in [-0.1, -0.05) is 18.2 Å². The third kappa shape index (κ3) is 2.98. The highest BCUT2D eigenvalue weighted by molar-refractivity contribution is 5.80. The number of carbonyl (C=O) groups is 1. The number of hydrogen-bond donors (Lipinski definition) is 0. The number of methoxy groups -OCH3 is 1. The van der Waals surface area contributed by atoms with Crippen LogP contribution in [-0.2, 0) is 11.2 Å². The minimum absolute atomic E-state index is 0.238. The van der Waals surface area contributed by atoms with Crippen LogP contribution in [0.15, 0.2) is 48.8 Å². The Morgan fingerprint density at radius 3 is 2.79 bits per heavy atom. The van der Waals surface area contributed by atoms with E-state index < -0.39 is 0 Å². The van der Waals surface area contributed by atoms with Gasteiger partial charge >= 0.3 is 0 Å². The molecule has 28 heavy (non-hydrogen) atoms. The van der Waals surface area contributed by atoms with Gasteiger partial charge in [-0.25, -0.2) is 0 Å². The van der Waals surface area contributed by atoms with E-state index in [-0.39, 0.29) is 5.91 Å². The topological polar surface area (TPSA) is 45.7 Å². The minimum Gasteiger partial charge on any atom is -0.497 e. The zero-order valence-corrected chi connectivity index (χ0v) is 16.3. The lowest BCUT2D eigenvalue weighted by Crippen LogP contribution is -2.60. The molecule has 2 bridgehead atoms. The summed E-state index contributed by atoms with van der Waals surface area (Å²) in [4.78, 5) is 22.3. The van der Waals surface area contributed by atoms with Crippen molar-refractivity contribution in [3.05, 3.63) is 59.9 Å². The predicted octanol–water partition coefficient (Wildman–Crippen LogP) is 2.72. The molecule has 2 aromatic rings. The molecule has 0 unspecified atom stereocenters. The number of hydrogen-bond acceptors (Lipinski definition) is 4. The quantitative estimate of drug-likeness (QED) is 0.822. The zero-order chi connectivity index (χ0) is 19.1. The third-order valence-corrected chi connectivity index (χ3v) is 6.91. The summed E-state index contributed by atoms with van der Waals surface area (Å²) in [6.07, 6.45) is 6.42. The molecule has 1 amide bonds. The van der Waals surface area contributed by atoms with Crippen LogP contribution in [0.25, 0.3) is 0 Å². The van der Waals surface area contributed by atoms with Crippen LogP contribution < -0.4 is 4.74 Å². The van der Waals surface area contributed by atoms with E-state index in [0.29, 0.717) is 30.3 Å². The Labute approximate surface area is 166 Å². The second kappa shape index (κ2) is 7.21. The summed E-state index contributed by atoms with van der Waals surface area (Å²) in [7, 11) is 1.71. The molecule has 4 saturated heterocycles. The van der Waals surface area contributed by atoms with Gasteiger partial charge in [0.25, 0.3) is 0 Å². The van der Waals surface area contributed by atoms with E-state index >= 15 is 0 Å². The van der Waals surface area contributed by atoms with E-state index in [1.165, 1.54) is 18.4 Å². The normalized spacial score (nSPS) is 30.9. The smallest absolute Gasteiger partial charge is 0.227 e.